The van der Waals surface area contributed by atoms with E-state index in [9.17, 15) is 14.4 Å². The van der Waals surface area contributed by atoms with Gasteiger partial charge >= 0.3 is 0 Å². The van der Waals surface area contributed by atoms with Crippen LogP contribution in [0, 0.1) is 0 Å². The number of likely N-dealkylation sites (tertiary alicyclic amines) is 1. The van der Waals surface area contributed by atoms with Gasteiger partial charge < -0.3 is 20.1 Å². The molecule has 1 aliphatic heterocycles. The quantitative estimate of drug-likeness (QED) is 0.517. The van der Waals surface area contributed by atoms with Crippen LogP contribution in [0.3, 0.4) is 0 Å². The normalized spacial score (nSPS) is 15.5. The van der Waals surface area contributed by atoms with Gasteiger partial charge in [-0.3, -0.25) is 14.4 Å². The van der Waals surface area contributed by atoms with Crippen LogP contribution in [0.4, 0.5) is 5.69 Å². The number of carbonyl (C=O) groups excluding carboxylic acids is 3. The van der Waals surface area contributed by atoms with Gasteiger partial charge in [0.25, 0.3) is 0 Å². The lowest BCUT2D eigenvalue weighted by Gasteiger charge is -2.31. The molecule has 1 aromatic heterocycles. The third-order valence-corrected chi connectivity index (χ3v) is 5.94. The molecule has 1 saturated heterocycles. The van der Waals surface area contributed by atoms with Crippen molar-refractivity contribution < 1.29 is 18.9 Å². The Morgan fingerprint density at radius 2 is 1.91 bits per heavy atom. The van der Waals surface area contributed by atoms with Crippen LogP contribution in [0.5, 0.6) is 0 Å². The zero-order valence-corrected chi connectivity index (χ0v) is 19.7. The second-order valence-electron chi connectivity index (χ2n) is 8.56. The number of hydrogen-bond donors (Lipinski definition) is 2. The van der Waals surface area contributed by atoms with Gasteiger partial charge in [-0.25, -0.2) is 0 Å². The molecule has 0 aliphatic carbocycles. The molecule has 1 aliphatic rings. The molecule has 2 N–H and O–H groups in total. The summed E-state index contributed by atoms with van der Waals surface area (Å²) in [6.45, 7) is 2.84. The lowest BCUT2D eigenvalue weighted by atomic mass is 9.98. The highest BCUT2D eigenvalue weighted by molar-refractivity contribution is 5.91. The third kappa shape index (κ3) is 6.53. The summed E-state index contributed by atoms with van der Waals surface area (Å²) in [6.07, 6.45) is 2.28. The first kappa shape index (κ1) is 24.1. The van der Waals surface area contributed by atoms with Crippen LogP contribution in [0.1, 0.15) is 43.6 Å². The van der Waals surface area contributed by atoms with Gasteiger partial charge in [-0.2, -0.15) is 4.98 Å². The second kappa shape index (κ2) is 11.4. The predicted octanol–water partition coefficient (Wildman–Crippen LogP) is 3.15. The van der Waals surface area contributed by atoms with Gasteiger partial charge in [0, 0.05) is 30.8 Å². The maximum atomic E-state index is 12.7. The van der Waals surface area contributed by atoms with Crippen molar-refractivity contribution in [2.24, 2.45) is 0 Å². The third-order valence-electron chi connectivity index (χ3n) is 5.94. The van der Waals surface area contributed by atoms with E-state index in [-0.39, 0.29) is 36.6 Å². The highest BCUT2D eigenvalue weighted by atomic mass is 16.5. The first-order valence-electron chi connectivity index (χ1n) is 11.8. The lowest BCUT2D eigenvalue weighted by molar-refractivity contribution is -0.133. The van der Waals surface area contributed by atoms with E-state index in [1.807, 2.05) is 42.5 Å². The molecule has 4 rings (SSSR count). The molecule has 1 atom stereocenters. The maximum Gasteiger partial charge on any atom is 0.241 e. The highest BCUT2D eigenvalue weighted by Crippen LogP contribution is 2.28. The molecule has 9 heteroatoms. The van der Waals surface area contributed by atoms with Crippen LogP contribution in [0.15, 0.2) is 59.1 Å². The Kier molecular flexibility index (Phi) is 7.87. The molecule has 0 spiro atoms. The van der Waals surface area contributed by atoms with E-state index >= 15 is 0 Å². The summed E-state index contributed by atoms with van der Waals surface area (Å²) in [5.41, 5.74) is 2.31. The Balaban J connectivity index is 1.33. The minimum Gasteiger partial charge on any atom is -0.347 e. The monoisotopic (exact) mass is 475 g/mol. The SMILES string of the molecule is CCC(=O)Nc1cccc(-c2noc([C@H]3CCCN(C(=O)CNC(=O)Cc4ccccc4)C3)n2)c1. The van der Waals surface area contributed by atoms with Gasteiger partial charge in [0.05, 0.1) is 18.9 Å². The number of carbonyl (C=O) groups is 3. The summed E-state index contributed by atoms with van der Waals surface area (Å²) in [5, 5.41) is 9.66. The summed E-state index contributed by atoms with van der Waals surface area (Å²) in [7, 11) is 0. The molecule has 0 unspecified atom stereocenters. The van der Waals surface area contributed by atoms with Gasteiger partial charge in [0.1, 0.15) is 0 Å². The number of nitrogens with zero attached hydrogens (tertiary/aromatic N) is 3. The van der Waals surface area contributed by atoms with E-state index in [1.165, 1.54) is 0 Å². The van der Waals surface area contributed by atoms with Crippen molar-refractivity contribution in [3.05, 3.63) is 66.1 Å². The standard InChI is InChI=1S/C26H29N5O4/c1-2-22(32)28-21-12-6-10-19(15-21)25-29-26(35-30-25)20-11-7-13-31(17-20)24(34)16-27-23(33)14-18-8-4-3-5-9-18/h3-6,8-10,12,15,20H,2,7,11,13-14,16-17H2,1H3,(H,27,33)(H,28,32)/t20-/m0/s1. The Morgan fingerprint density at radius 3 is 2.71 bits per heavy atom. The molecule has 35 heavy (non-hydrogen) atoms. The number of nitrogens with one attached hydrogen (secondary N) is 2. The molecular formula is C26H29N5O4. The van der Waals surface area contributed by atoms with Crippen molar-refractivity contribution in [2.45, 2.75) is 38.5 Å². The predicted molar refractivity (Wildman–Crippen MR) is 130 cm³/mol. The largest absolute Gasteiger partial charge is 0.347 e. The molecule has 3 amide bonds. The van der Waals surface area contributed by atoms with E-state index in [0.717, 1.165) is 24.0 Å². The fourth-order valence-corrected chi connectivity index (χ4v) is 4.04. The maximum absolute atomic E-state index is 12.7. The van der Waals surface area contributed by atoms with Crippen molar-refractivity contribution in [1.29, 1.82) is 0 Å². The van der Waals surface area contributed by atoms with Crippen LogP contribution in [-0.2, 0) is 20.8 Å². The Hall–Kier alpha value is -4.01. The van der Waals surface area contributed by atoms with Crippen molar-refractivity contribution in [1.82, 2.24) is 20.4 Å². The highest BCUT2D eigenvalue weighted by Gasteiger charge is 2.29. The molecule has 1 fully saturated rings. The van der Waals surface area contributed by atoms with Crippen molar-refractivity contribution >= 4 is 23.4 Å². The Bertz CT molecular complexity index is 1180. The minimum absolute atomic E-state index is 0.0380. The minimum atomic E-state index is -0.183. The molecule has 9 nitrogen and oxygen atoms in total. The number of anilines is 1. The summed E-state index contributed by atoms with van der Waals surface area (Å²) in [6, 6.07) is 16.7. The topological polar surface area (TPSA) is 117 Å². The van der Waals surface area contributed by atoms with Crippen molar-refractivity contribution in [3.8, 4) is 11.4 Å². The van der Waals surface area contributed by atoms with Crippen LogP contribution in [-0.4, -0.2) is 52.4 Å². The molecule has 0 radical (unpaired) electrons. The van der Waals surface area contributed by atoms with Crippen LogP contribution in [0.2, 0.25) is 0 Å². The Labute approximate surface area is 203 Å². The molecule has 3 aromatic rings. The van der Waals surface area contributed by atoms with E-state index in [4.69, 9.17) is 4.52 Å². The summed E-state index contributed by atoms with van der Waals surface area (Å²) in [5.74, 6) is 0.459. The van der Waals surface area contributed by atoms with E-state index in [1.54, 1.807) is 24.0 Å². The van der Waals surface area contributed by atoms with Gasteiger partial charge in [0.15, 0.2) is 0 Å². The van der Waals surface area contributed by atoms with E-state index < -0.39 is 0 Å². The number of amides is 3. The summed E-state index contributed by atoms with van der Waals surface area (Å²) in [4.78, 5) is 42.9. The van der Waals surface area contributed by atoms with Crippen molar-refractivity contribution in [3.63, 3.8) is 0 Å². The second-order valence-corrected chi connectivity index (χ2v) is 8.56. The molecule has 0 saturated carbocycles. The number of piperidine rings is 1. The first-order chi connectivity index (χ1) is 17.0. The van der Waals surface area contributed by atoms with Gasteiger partial charge in [-0.15, -0.1) is 0 Å². The van der Waals surface area contributed by atoms with Gasteiger partial charge in [0.2, 0.25) is 29.4 Å². The smallest absolute Gasteiger partial charge is 0.241 e. The van der Waals surface area contributed by atoms with E-state index in [2.05, 4.69) is 20.8 Å². The summed E-state index contributed by atoms with van der Waals surface area (Å²) < 4.78 is 5.54. The number of aromatic nitrogens is 2. The van der Waals surface area contributed by atoms with Gasteiger partial charge in [-0.1, -0.05) is 54.5 Å². The zero-order chi connectivity index (χ0) is 24.6. The molecule has 2 heterocycles. The van der Waals surface area contributed by atoms with Crippen LogP contribution >= 0.6 is 0 Å². The fraction of sp³-hybridized carbons (Fsp3) is 0.346. The van der Waals surface area contributed by atoms with Crippen LogP contribution in [0.25, 0.3) is 11.4 Å². The first-order valence-corrected chi connectivity index (χ1v) is 11.8. The van der Waals surface area contributed by atoms with E-state index in [0.29, 0.717) is 36.9 Å². The van der Waals surface area contributed by atoms with Gasteiger partial charge in [-0.05, 0) is 30.5 Å². The Morgan fingerprint density at radius 1 is 1.09 bits per heavy atom. The average molecular weight is 476 g/mol. The molecule has 0 bridgehead atoms. The summed E-state index contributed by atoms with van der Waals surface area (Å²) >= 11 is 0. The van der Waals surface area contributed by atoms with Crippen molar-refractivity contribution in [2.75, 3.05) is 25.0 Å². The molecule has 2 aromatic carbocycles. The number of rotatable bonds is 8. The molecule has 182 valence electrons. The number of hydrogen-bond acceptors (Lipinski definition) is 6. The van der Waals surface area contributed by atoms with Crippen LogP contribution < -0.4 is 10.6 Å². The number of benzene rings is 2. The average Bonchev–Trinajstić information content (AvgIpc) is 3.39. The lowest BCUT2D eigenvalue weighted by Crippen LogP contribution is -2.44. The molecular weight excluding hydrogens is 446 g/mol. The zero-order valence-electron chi connectivity index (χ0n) is 19.7. The fourth-order valence-electron chi connectivity index (χ4n) is 4.04.